The predicted molar refractivity (Wildman–Crippen MR) is 246 cm³/mol. The number of amides is 1. The molecule has 0 bridgehead atoms. The fourth-order valence-corrected chi connectivity index (χ4v) is 7.31. The Balaban J connectivity index is 3.47. The van der Waals surface area contributed by atoms with Crippen LogP contribution in [0.25, 0.3) is 0 Å². The van der Waals surface area contributed by atoms with E-state index in [9.17, 15) is 19.8 Å². The molecule has 0 aromatic carbocycles. The van der Waals surface area contributed by atoms with E-state index in [-0.39, 0.29) is 18.5 Å². The van der Waals surface area contributed by atoms with Gasteiger partial charge < -0.3 is 20.3 Å². The van der Waals surface area contributed by atoms with Gasteiger partial charge in [-0.05, 0) is 83.5 Å². The molecule has 0 spiro atoms. The van der Waals surface area contributed by atoms with Gasteiger partial charge in [0.15, 0.2) is 0 Å². The first-order chi connectivity index (χ1) is 28.0. The van der Waals surface area contributed by atoms with Gasteiger partial charge in [-0.1, -0.05) is 192 Å². The third kappa shape index (κ3) is 43.5. The van der Waals surface area contributed by atoms with Crippen molar-refractivity contribution in [1.82, 2.24) is 5.32 Å². The second-order valence-electron chi connectivity index (χ2n) is 16.8. The Labute approximate surface area is 353 Å². The van der Waals surface area contributed by atoms with Gasteiger partial charge in [-0.25, -0.2) is 0 Å². The number of aliphatic hydroxyl groups is 2. The maximum absolute atomic E-state index is 12.4. The summed E-state index contributed by atoms with van der Waals surface area (Å²) in [5.74, 6) is -0.0791. The van der Waals surface area contributed by atoms with Crippen LogP contribution in [0.5, 0.6) is 0 Å². The molecule has 2 atom stereocenters. The SMILES string of the molecule is CCCCCC/C=C\C/C=C\CCCCCCCC(=O)OCCCCCC/C=C\CCCCCCCCCC(=O)NC(CO)C(O)CCCCCCCCCCC. The maximum atomic E-state index is 12.4. The van der Waals surface area contributed by atoms with Crippen LogP contribution < -0.4 is 5.32 Å². The summed E-state index contributed by atoms with van der Waals surface area (Å²) in [5.41, 5.74) is 0. The van der Waals surface area contributed by atoms with Crippen LogP contribution in [0.2, 0.25) is 0 Å². The Morgan fingerprint density at radius 1 is 0.491 bits per heavy atom. The predicted octanol–water partition coefficient (Wildman–Crippen LogP) is 14.5. The molecule has 1 amide bonds. The molecule has 0 heterocycles. The van der Waals surface area contributed by atoms with Crippen LogP contribution in [0.3, 0.4) is 0 Å². The molecule has 0 saturated carbocycles. The van der Waals surface area contributed by atoms with Gasteiger partial charge in [0.05, 0.1) is 25.4 Å². The molecular weight excluding hydrogens is 707 g/mol. The topological polar surface area (TPSA) is 95.9 Å². The van der Waals surface area contributed by atoms with E-state index < -0.39 is 12.1 Å². The molecule has 6 heteroatoms. The van der Waals surface area contributed by atoms with Gasteiger partial charge in [-0.2, -0.15) is 0 Å². The molecule has 57 heavy (non-hydrogen) atoms. The third-order valence-electron chi connectivity index (χ3n) is 11.2. The third-order valence-corrected chi connectivity index (χ3v) is 11.2. The number of ether oxygens (including phenoxy) is 1. The monoisotopic (exact) mass is 802 g/mol. The van der Waals surface area contributed by atoms with Crippen molar-refractivity contribution in [3.8, 4) is 0 Å². The molecule has 2 unspecified atom stereocenters. The summed E-state index contributed by atoms with van der Waals surface area (Å²) in [5, 5.41) is 23.0. The van der Waals surface area contributed by atoms with Gasteiger partial charge in [0.1, 0.15) is 0 Å². The fourth-order valence-electron chi connectivity index (χ4n) is 7.31. The summed E-state index contributed by atoms with van der Waals surface area (Å²) in [6.45, 7) is 4.86. The molecule has 334 valence electrons. The lowest BCUT2D eigenvalue weighted by Gasteiger charge is -2.22. The molecule has 0 rings (SSSR count). The lowest BCUT2D eigenvalue weighted by atomic mass is 10.0. The first-order valence-corrected chi connectivity index (χ1v) is 24.7. The molecule has 0 aromatic rings. The summed E-state index contributed by atoms with van der Waals surface area (Å²) in [6.07, 6.45) is 55.4. The van der Waals surface area contributed by atoms with Gasteiger partial charge >= 0.3 is 5.97 Å². The van der Waals surface area contributed by atoms with E-state index in [1.165, 1.54) is 141 Å². The number of unbranched alkanes of at least 4 members (excludes halogenated alkanes) is 28. The van der Waals surface area contributed by atoms with E-state index in [0.29, 0.717) is 25.9 Å². The van der Waals surface area contributed by atoms with Gasteiger partial charge in [0, 0.05) is 12.8 Å². The van der Waals surface area contributed by atoms with Crippen molar-refractivity contribution in [3.63, 3.8) is 0 Å². The average Bonchev–Trinajstić information content (AvgIpc) is 3.21. The van der Waals surface area contributed by atoms with E-state index in [0.717, 1.165) is 77.0 Å². The second-order valence-corrected chi connectivity index (χ2v) is 16.8. The molecule has 0 saturated heterocycles. The molecule has 3 N–H and O–H groups in total. The number of aliphatic hydroxyl groups excluding tert-OH is 2. The van der Waals surface area contributed by atoms with Crippen LogP contribution in [-0.4, -0.2) is 47.4 Å². The van der Waals surface area contributed by atoms with E-state index in [4.69, 9.17) is 4.74 Å². The Hall–Kier alpha value is -1.92. The second kappa shape index (κ2) is 46.8. The Morgan fingerprint density at radius 3 is 1.37 bits per heavy atom. The number of nitrogens with one attached hydrogen (secondary N) is 1. The number of esters is 1. The molecule has 0 radical (unpaired) electrons. The van der Waals surface area contributed by atoms with Crippen LogP contribution in [0.15, 0.2) is 36.5 Å². The first kappa shape index (κ1) is 55.1. The Morgan fingerprint density at radius 2 is 0.877 bits per heavy atom. The largest absolute Gasteiger partial charge is 0.466 e. The molecule has 0 fully saturated rings. The standard InChI is InChI=1S/C51H95NO5/c1-3-5-7-9-11-13-14-15-16-19-22-25-29-33-37-41-45-51(56)57-46-42-38-34-30-26-23-20-17-18-21-24-28-32-36-40-44-50(55)52-48(47-53)49(54)43-39-35-31-27-12-10-8-6-4-2/h13-14,16,19-20,23,48-49,53-54H,3-12,15,17-18,21-22,24-47H2,1-2H3,(H,52,55)/b14-13-,19-16-,23-20-. The Bertz CT molecular complexity index is 931. The van der Waals surface area contributed by atoms with Crippen molar-refractivity contribution in [2.75, 3.05) is 13.2 Å². The van der Waals surface area contributed by atoms with Crippen molar-refractivity contribution >= 4 is 11.9 Å². The molecule has 0 aliphatic rings. The zero-order valence-corrected chi connectivity index (χ0v) is 37.8. The smallest absolute Gasteiger partial charge is 0.305 e. The van der Waals surface area contributed by atoms with E-state index >= 15 is 0 Å². The van der Waals surface area contributed by atoms with Crippen molar-refractivity contribution < 1.29 is 24.5 Å². The summed E-state index contributed by atoms with van der Waals surface area (Å²) < 4.78 is 5.45. The minimum Gasteiger partial charge on any atom is -0.466 e. The maximum Gasteiger partial charge on any atom is 0.305 e. The Kier molecular flexibility index (Phi) is 45.2. The average molecular weight is 802 g/mol. The van der Waals surface area contributed by atoms with E-state index in [1.807, 2.05) is 0 Å². The fraction of sp³-hybridized carbons (Fsp3) is 0.843. The molecule has 0 aliphatic carbocycles. The van der Waals surface area contributed by atoms with Gasteiger partial charge in [0.25, 0.3) is 0 Å². The minimum atomic E-state index is -0.672. The van der Waals surface area contributed by atoms with E-state index in [1.54, 1.807) is 0 Å². The molecule has 0 aliphatic heterocycles. The van der Waals surface area contributed by atoms with Crippen LogP contribution in [0.4, 0.5) is 0 Å². The van der Waals surface area contributed by atoms with Crippen LogP contribution >= 0.6 is 0 Å². The number of carbonyl (C=O) groups excluding carboxylic acids is 2. The minimum absolute atomic E-state index is 0.0245. The van der Waals surface area contributed by atoms with Gasteiger partial charge in [-0.3, -0.25) is 9.59 Å². The molecule has 0 aromatic heterocycles. The zero-order chi connectivity index (χ0) is 41.5. The highest BCUT2D eigenvalue weighted by Gasteiger charge is 2.20. The van der Waals surface area contributed by atoms with Crippen LogP contribution in [0, 0.1) is 0 Å². The summed E-state index contributed by atoms with van der Waals surface area (Å²) in [7, 11) is 0. The summed E-state index contributed by atoms with van der Waals surface area (Å²) in [6, 6.07) is -0.551. The highest BCUT2D eigenvalue weighted by Crippen LogP contribution is 2.15. The van der Waals surface area contributed by atoms with Crippen molar-refractivity contribution in [3.05, 3.63) is 36.5 Å². The highest BCUT2D eigenvalue weighted by molar-refractivity contribution is 5.76. The first-order valence-electron chi connectivity index (χ1n) is 24.7. The van der Waals surface area contributed by atoms with Crippen molar-refractivity contribution in [2.45, 2.75) is 264 Å². The summed E-state index contributed by atoms with van der Waals surface area (Å²) >= 11 is 0. The number of hydrogen-bond acceptors (Lipinski definition) is 5. The number of carbonyl (C=O) groups is 2. The van der Waals surface area contributed by atoms with Crippen molar-refractivity contribution in [1.29, 1.82) is 0 Å². The van der Waals surface area contributed by atoms with Crippen LogP contribution in [-0.2, 0) is 14.3 Å². The quantitative estimate of drug-likeness (QED) is 0.0324. The highest BCUT2D eigenvalue weighted by atomic mass is 16.5. The number of allylic oxidation sites excluding steroid dienone is 6. The zero-order valence-electron chi connectivity index (χ0n) is 37.8. The van der Waals surface area contributed by atoms with E-state index in [2.05, 4.69) is 55.6 Å². The van der Waals surface area contributed by atoms with Gasteiger partial charge in [-0.15, -0.1) is 0 Å². The number of hydrogen-bond donors (Lipinski definition) is 3. The van der Waals surface area contributed by atoms with Crippen LogP contribution in [0.1, 0.15) is 251 Å². The lowest BCUT2D eigenvalue weighted by Crippen LogP contribution is -2.45. The summed E-state index contributed by atoms with van der Waals surface area (Å²) in [4.78, 5) is 24.4. The normalized spacial score (nSPS) is 13.0. The molecule has 6 nitrogen and oxygen atoms in total. The number of rotatable bonds is 45. The lowest BCUT2D eigenvalue weighted by molar-refractivity contribution is -0.143. The molecular formula is C51H95NO5. The van der Waals surface area contributed by atoms with Gasteiger partial charge in [0.2, 0.25) is 5.91 Å². The van der Waals surface area contributed by atoms with Crippen molar-refractivity contribution in [2.24, 2.45) is 0 Å².